The molecule has 0 amide bonds. The molecular weight excluding hydrogens is 186 g/mol. The van der Waals surface area contributed by atoms with Crippen molar-refractivity contribution >= 4 is 10.9 Å². The highest BCUT2D eigenvalue weighted by Crippen LogP contribution is 2.27. The molecule has 0 fully saturated rings. The van der Waals surface area contributed by atoms with E-state index in [1.165, 1.54) is 16.5 Å². The number of para-hydroxylation sites is 1. The molecule has 0 aliphatic rings. The lowest BCUT2D eigenvalue weighted by molar-refractivity contribution is 0.273. The summed E-state index contributed by atoms with van der Waals surface area (Å²) in [7, 11) is 0. The first-order chi connectivity index (χ1) is 7.27. The van der Waals surface area contributed by atoms with E-state index in [4.69, 9.17) is 0 Å². The van der Waals surface area contributed by atoms with Gasteiger partial charge in [0.25, 0.3) is 0 Å². The summed E-state index contributed by atoms with van der Waals surface area (Å²) in [5.41, 5.74) is 2.50. The van der Waals surface area contributed by atoms with Crippen LogP contribution in [-0.4, -0.2) is 16.3 Å². The summed E-state index contributed by atoms with van der Waals surface area (Å²) in [5.74, 6) is 0.211. The van der Waals surface area contributed by atoms with Gasteiger partial charge in [-0.05, 0) is 18.6 Å². The third-order valence-corrected chi connectivity index (χ3v) is 2.96. The molecular formula is C13H17NO. The monoisotopic (exact) mass is 203 g/mol. The van der Waals surface area contributed by atoms with Gasteiger partial charge in [0.2, 0.25) is 0 Å². The number of aliphatic hydroxyl groups excluding tert-OH is 1. The van der Waals surface area contributed by atoms with E-state index in [0.29, 0.717) is 0 Å². The molecule has 0 saturated carbocycles. The second-order valence-electron chi connectivity index (χ2n) is 3.97. The lowest BCUT2D eigenvalue weighted by Crippen LogP contribution is -1.97. The van der Waals surface area contributed by atoms with E-state index in [0.717, 1.165) is 6.54 Å². The van der Waals surface area contributed by atoms with E-state index in [9.17, 15) is 5.11 Å². The molecule has 1 aromatic carbocycles. The van der Waals surface area contributed by atoms with Crippen LogP contribution in [-0.2, 0) is 6.54 Å². The Morgan fingerprint density at radius 1 is 1.33 bits per heavy atom. The molecule has 1 atom stereocenters. The number of aromatic nitrogens is 1. The number of aryl methyl sites for hydroxylation is 1. The Morgan fingerprint density at radius 3 is 2.73 bits per heavy atom. The molecule has 0 bridgehead atoms. The Morgan fingerprint density at radius 2 is 2.07 bits per heavy atom. The van der Waals surface area contributed by atoms with Crippen LogP contribution in [0, 0.1) is 0 Å². The van der Waals surface area contributed by atoms with Crippen LogP contribution in [0.1, 0.15) is 25.3 Å². The number of benzene rings is 1. The van der Waals surface area contributed by atoms with E-state index >= 15 is 0 Å². The Bertz CT molecular complexity index is 459. The van der Waals surface area contributed by atoms with E-state index in [1.54, 1.807) is 0 Å². The van der Waals surface area contributed by atoms with Crippen molar-refractivity contribution in [2.75, 3.05) is 6.61 Å². The van der Waals surface area contributed by atoms with Gasteiger partial charge in [0.15, 0.2) is 0 Å². The summed E-state index contributed by atoms with van der Waals surface area (Å²) >= 11 is 0. The number of rotatable bonds is 3. The molecule has 2 rings (SSSR count). The van der Waals surface area contributed by atoms with Crippen LogP contribution >= 0.6 is 0 Å². The molecule has 1 N–H and O–H groups in total. The van der Waals surface area contributed by atoms with Gasteiger partial charge in [0.05, 0.1) is 0 Å². The van der Waals surface area contributed by atoms with Gasteiger partial charge >= 0.3 is 0 Å². The third kappa shape index (κ3) is 1.65. The SMILES string of the molecule is CCn1cc(C(C)CO)c2ccccc21. The summed E-state index contributed by atoms with van der Waals surface area (Å²) in [6.07, 6.45) is 2.16. The molecule has 1 aromatic heterocycles. The molecule has 2 nitrogen and oxygen atoms in total. The van der Waals surface area contributed by atoms with Gasteiger partial charge in [-0.25, -0.2) is 0 Å². The van der Waals surface area contributed by atoms with Crippen LogP contribution in [0.3, 0.4) is 0 Å². The minimum absolute atomic E-state index is 0.206. The summed E-state index contributed by atoms with van der Waals surface area (Å²) in [4.78, 5) is 0. The average molecular weight is 203 g/mol. The second kappa shape index (κ2) is 4.07. The standard InChI is InChI=1S/C13H17NO/c1-3-14-8-12(10(2)9-15)11-6-4-5-7-13(11)14/h4-8,10,15H,3,9H2,1-2H3. The predicted octanol–water partition coefficient (Wildman–Crippen LogP) is 2.76. The lowest BCUT2D eigenvalue weighted by Gasteiger charge is -2.05. The van der Waals surface area contributed by atoms with Crippen molar-refractivity contribution in [3.05, 3.63) is 36.0 Å². The van der Waals surface area contributed by atoms with E-state index < -0.39 is 0 Å². The fourth-order valence-corrected chi connectivity index (χ4v) is 2.03. The number of hydrogen-bond donors (Lipinski definition) is 1. The topological polar surface area (TPSA) is 25.2 Å². The lowest BCUT2D eigenvalue weighted by atomic mass is 10.0. The molecule has 1 heterocycles. The Labute approximate surface area is 90.2 Å². The van der Waals surface area contributed by atoms with Crippen LogP contribution in [0.2, 0.25) is 0 Å². The van der Waals surface area contributed by atoms with Gasteiger partial charge in [0, 0.05) is 36.2 Å². The van der Waals surface area contributed by atoms with Crippen LogP contribution in [0.25, 0.3) is 10.9 Å². The molecule has 1 unspecified atom stereocenters. The van der Waals surface area contributed by atoms with E-state index in [2.05, 4.69) is 48.9 Å². The van der Waals surface area contributed by atoms with Crippen molar-refractivity contribution in [2.24, 2.45) is 0 Å². The van der Waals surface area contributed by atoms with E-state index in [1.807, 2.05) is 0 Å². The maximum atomic E-state index is 9.22. The molecule has 15 heavy (non-hydrogen) atoms. The highest BCUT2D eigenvalue weighted by molar-refractivity contribution is 5.84. The van der Waals surface area contributed by atoms with Gasteiger partial charge in [-0.2, -0.15) is 0 Å². The number of nitrogens with zero attached hydrogens (tertiary/aromatic N) is 1. The van der Waals surface area contributed by atoms with Crippen LogP contribution < -0.4 is 0 Å². The van der Waals surface area contributed by atoms with Crippen molar-refractivity contribution in [3.63, 3.8) is 0 Å². The molecule has 2 heteroatoms. The zero-order valence-electron chi connectivity index (χ0n) is 9.27. The number of fused-ring (bicyclic) bond motifs is 1. The Balaban J connectivity index is 2.65. The quantitative estimate of drug-likeness (QED) is 0.815. The smallest absolute Gasteiger partial charge is 0.0497 e. The van der Waals surface area contributed by atoms with Crippen molar-refractivity contribution in [3.8, 4) is 0 Å². The van der Waals surface area contributed by atoms with Crippen LogP contribution in [0.5, 0.6) is 0 Å². The molecule has 0 aliphatic carbocycles. The summed E-state index contributed by atoms with van der Waals surface area (Å²) in [5, 5.41) is 10.5. The molecule has 80 valence electrons. The Kier molecular flexibility index (Phi) is 2.78. The minimum atomic E-state index is 0.206. The van der Waals surface area contributed by atoms with Crippen molar-refractivity contribution < 1.29 is 5.11 Å². The highest BCUT2D eigenvalue weighted by atomic mass is 16.3. The normalized spacial score (nSPS) is 13.3. The van der Waals surface area contributed by atoms with E-state index in [-0.39, 0.29) is 12.5 Å². The van der Waals surface area contributed by atoms with Crippen LogP contribution in [0.15, 0.2) is 30.5 Å². The zero-order valence-corrected chi connectivity index (χ0v) is 9.27. The molecule has 0 spiro atoms. The summed E-state index contributed by atoms with van der Waals surface area (Å²) in [6, 6.07) is 8.37. The third-order valence-electron chi connectivity index (χ3n) is 2.96. The van der Waals surface area contributed by atoms with Gasteiger partial charge in [0.1, 0.15) is 0 Å². The van der Waals surface area contributed by atoms with Crippen LogP contribution in [0.4, 0.5) is 0 Å². The molecule has 0 aliphatic heterocycles. The second-order valence-corrected chi connectivity index (χ2v) is 3.97. The fraction of sp³-hybridized carbons (Fsp3) is 0.385. The zero-order chi connectivity index (χ0) is 10.8. The van der Waals surface area contributed by atoms with Crippen molar-refractivity contribution in [2.45, 2.75) is 26.3 Å². The first-order valence-electron chi connectivity index (χ1n) is 5.46. The van der Waals surface area contributed by atoms with Gasteiger partial charge in [-0.1, -0.05) is 25.1 Å². The minimum Gasteiger partial charge on any atom is -0.396 e. The average Bonchev–Trinajstić information content (AvgIpc) is 2.67. The highest BCUT2D eigenvalue weighted by Gasteiger charge is 2.12. The van der Waals surface area contributed by atoms with Gasteiger partial charge in [-0.3, -0.25) is 0 Å². The number of hydrogen-bond acceptors (Lipinski definition) is 1. The molecule has 0 saturated heterocycles. The molecule has 2 aromatic rings. The van der Waals surface area contributed by atoms with Gasteiger partial charge < -0.3 is 9.67 Å². The van der Waals surface area contributed by atoms with Crippen molar-refractivity contribution in [1.82, 2.24) is 4.57 Å². The Hall–Kier alpha value is -1.28. The first-order valence-corrected chi connectivity index (χ1v) is 5.46. The number of aliphatic hydroxyl groups is 1. The van der Waals surface area contributed by atoms with Crippen molar-refractivity contribution in [1.29, 1.82) is 0 Å². The molecule has 0 radical (unpaired) electrons. The maximum Gasteiger partial charge on any atom is 0.0497 e. The fourth-order valence-electron chi connectivity index (χ4n) is 2.03. The summed E-state index contributed by atoms with van der Waals surface area (Å²) < 4.78 is 2.23. The first kappa shape index (κ1) is 10.2. The summed E-state index contributed by atoms with van der Waals surface area (Å²) in [6.45, 7) is 5.37. The largest absolute Gasteiger partial charge is 0.396 e. The maximum absolute atomic E-state index is 9.22. The van der Waals surface area contributed by atoms with Gasteiger partial charge in [-0.15, -0.1) is 0 Å². The predicted molar refractivity (Wildman–Crippen MR) is 63.1 cm³/mol.